The lowest BCUT2D eigenvalue weighted by atomic mass is 10.1. The maximum absolute atomic E-state index is 5.30. The van der Waals surface area contributed by atoms with Gasteiger partial charge in [-0.3, -0.25) is 0 Å². The van der Waals surface area contributed by atoms with E-state index in [0.717, 1.165) is 18.1 Å². The first-order valence-electron chi connectivity index (χ1n) is 6.19. The van der Waals surface area contributed by atoms with Gasteiger partial charge in [-0.05, 0) is 39.3 Å². The molecule has 0 atom stereocenters. The normalized spacial score (nSPS) is 11.1. The van der Waals surface area contributed by atoms with Crippen LogP contribution in [-0.2, 0) is 6.54 Å². The molecule has 98 valence electrons. The van der Waals surface area contributed by atoms with Gasteiger partial charge >= 0.3 is 0 Å². The van der Waals surface area contributed by atoms with Crippen LogP contribution in [0.25, 0.3) is 0 Å². The quantitative estimate of drug-likeness (QED) is 0.825. The number of nitrogens with one attached hydrogen (secondary N) is 1. The fraction of sp³-hybridized carbons (Fsp3) is 0.533. The van der Waals surface area contributed by atoms with Crippen LogP contribution in [-0.4, -0.2) is 24.1 Å². The molecular formula is C15H23N3. The summed E-state index contributed by atoms with van der Waals surface area (Å²) in [6.07, 6.45) is 5.30. The van der Waals surface area contributed by atoms with Crippen LogP contribution >= 0.6 is 0 Å². The van der Waals surface area contributed by atoms with E-state index in [-0.39, 0.29) is 5.54 Å². The van der Waals surface area contributed by atoms with Gasteiger partial charge in [-0.1, -0.05) is 12.0 Å². The highest BCUT2D eigenvalue weighted by Crippen LogP contribution is 2.14. The average Bonchev–Trinajstić information content (AvgIpc) is 2.26. The summed E-state index contributed by atoms with van der Waals surface area (Å²) in [6, 6.07) is 4.13. The van der Waals surface area contributed by atoms with Crippen LogP contribution in [0.15, 0.2) is 12.1 Å². The van der Waals surface area contributed by atoms with Gasteiger partial charge in [-0.25, -0.2) is 4.98 Å². The molecule has 0 aliphatic heterocycles. The number of rotatable bonds is 4. The molecule has 0 bridgehead atoms. The summed E-state index contributed by atoms with van der Waals surface area (Å²) in [4.78, 5) is 6.55. The minimum Gasteiger partial charge on any atom is -0.349 e. The van der Waals surface area contributed by atoms with E-state index in [2.05, 4.69) is 43.1 Å². The molecule has 0 unspecified atom stereocenters. The first kappa shape index (κ1) is 14.5. The summed E-state index contributed by atoms with van der Waals surface area (Å²) in [7, 11) is 1.95. The Labute approximate surface area is 111 Å². The van der Waals surface area contributed by atoms with Crippen molar-refractivity contribution in [1.29, 1.82) is 0 Å². The van der Waals surface area contributed by atoms with Gasteiger partial charge in [-0.15, -0.1) is 6.42 Å². The van der Waals surface area contributed by atoms with Crippen molar-refractivity contribution < 1.29 is 0 Å². The van der Waals surface area contributed by atoms with Crippen LogP contribution < -0.4 is 10.2 Å². The summed E-state index contributed by atoms with van der Waals surface area (Å²) in [6.45, 7) is 9.92. The molecule has 0 fully saturated rings. The SMILES string of the molecule is C#CCN(C)c1ccc(CNC(C)(C)C)c(C)n1. The molecular weight excluding hydrogens is 222 g/mol. The van der Waals surface area contributed by atoms with Crippen LogP contribution in [0.2, 0.25) is 0 Å². The van der Waals surface area contributed by atoms with E-state index in [1.165, 1.54) is 5.56 Å². The van der Waals surface area contributed by atoms with Crippen LogP contribution in [0.4, 0.5) is 5.82 Å². The Morgan fingerprint density at radius 3 is 2.56 bits per heavy atom. The van der Waals surface area contributed by atoms with Gasteiger partial charge < -0.3 is 10.2 Å². The van der Waals surface area contributed by atoms with E-state index in [0.29, 0.717) is 6.54 Å². The van der Waals surface area contributed by atoms with Crippen LogP contribution in [0.3, 0.4) is 0 Å². The number of terminal acetylenes is 1. The molecule has 0 radical (unpaired) electrons. The van der Waals surface area contributed by atoms with Gasteiger partial charge in [0.1, 0.15) is 5.82 Å². The fourth-order valence-electron chi connectivity index (χ4n) is 1.55. The zero-order valence-electron chi connectivity index (χ0n) is 12.0. The second kappa shape index (κ2) is 5.88. The molecule has 0 amide bonds. The van der Waals surface area contributed by atoms with Crippen molar-refractivity contribution in [3.63, 3.8) is 0 Å². The molecule has 0 saturated carbocycles. The second-order valence-corrected chi connectivity index (χ2v) is 5.58. The third-order valence-electron chi connectivity index (χ3n) is 2.71. The molecule has 3 heteroatoms. The van der Waals surface area contributed by atoms with Crippen molar-refractivity contribution in [1.82, 2.24) is 10.3 Å². The minimum atomic E-state index is 0.116. The van der Waals surface area contributed by atoms with E-state index in [1.54, 1.807) is 0 Å². The van der Waals surface area contributed by atoms with Gasteiger partial charge in [-0.2, -0.15) is 0 Å². The molecule has 0 spiro atoms. The maximum Gasteiger partial charge on any atom is 0.129 e. The van der Waals surface area contributed by atoms with Crippen molar-refractivity contribution in [2.75, 3.05) is 18.5 Å². The summed E-state index contributed by atoms with van der Waals surface area (Å²) in [5.74, 6) is 3.54. The summed E-state index contributed by atoms with van der Waals surface area (Å²) >= 11 is 0. The lowest BCUT2D eigenvalue weighted by Crippen LogP contribution is -2.35. The van der Waals surface area contributed by atoms with Crippen LogP contribution in [0.5, 0.6) is 0 Å². The first-order valence-corrected chi connectivity index (χ1v) is 6.19. The monoisotopic (exact) mass is 245 g/mol. The third-order valence-corrected chi connectivity index (χ3v) is 2.71. The Bertz CT molecular complexity index is 438. The summed E-state index contributed by atoms with van der Waals surface area (Å²) in [5.41, 5.74) is 2.39. The second-order valence-electron chi connectivity index (χ2n) is 5.58. The lowest BCUT2D eigenvalue weighted by Gasteiger charge is -2.22. The molecule has 1 heterocycles. The predicted octanol–water partition coefficient (Wildman–Crippen LogP) is 2.35. The zero-order valence-corrected chi connectivity index (χ0v) is 12.0. The van der Waals surface area contributed by atoms with Crippen LogP contribution in [0, 0.1) is 19.3 Å². The van der Waals surface area contributed by atoms with E-state index in [1.807, 2.05) is 24.9 Å². The molecule has 1 aromatic rings. The van der Waals surface area contributed by atoms with Gasteiger partial charge in [0.15, 0.2) is 0 Å². The van der Waals surface area contributed by atoms with Crippen molar-refractivity contribution in [2.24, 2.45) is 0 Å². The number of aromatic nitrogens is 1. The Balaban J connectivity index is 2.77. The fourth-order valence-corrected chi connectivity index (χ4v) is 1.55. The van der Waals surface area contributed by atoms with Gasteiger partial charge in [0, 0.05) is 24.8 Å². The van der Waals surface area contributed by atoms with E-state index in [4.69, 9.17) is 6.42 Å². The van der Waals surface area contributed by atoms with E-state index < -0.39 is 0 Å². The van der Waals surface area contributed by atoms with Crippen LogP contribution in [0.1, 0.15) is 32.0 Å². The van der Waals surface area contributed by atoms with Gasteiger partial charge in [0.05, 0.1) is 6.54 Å². The standard InChI is InChI=1S/C15H23N3/c1-7-10-18(6)14-9-8-13(12(2)17-14)11-16-15(3,4)5/h1,8-9,16H,10-11H2,2-6H3. The zero-order chi connectivity index (χ0) is 13.8. The van der Waals surface area contributed by atoms with E-state index >= 15 is 0 Å². The van der Waals surface area contributed by atoms with E-state index in [9.17, 15) is 0 Å². The highest BCUT2D eigenvalue weighted by molar-refractivity contribution is 5.42. The smallest absolute Gasteiger partial charge is 0.129 e. The van der Waals surface area contributed by atoms with Crippen molar-refractivity contribution in [2.45, 2.75) is 39.8 Å². The summed E-state index contributed by atoms with van der Waals surface area (Å²) < 4.78 is 0. The number of pyridine rings is 1. The molecule has 0 saturated heterocycles. The molecule has 0 aliphatic rings. The Morgan fingerprint density at radius 2 is 2.06 bits per heavy atom. The van der Waals surface area contributed by atoms with Gasteiger partial charge in [0.25, 0.3) is 0 Å². The number of hydrogen-bond donors (Lipinski definition) is 1. The maximum atomic E-state index is 5.30. The lowest BCUT2D eigenvalue weighted by molar-refractivity contribution is 0.423. The topological polar surface area (TPSA) is 28.2 Å². The number of aryl methyl sites for hydroxylation is 1. The molecule has 1 rings (SSSR count). The molecule has 3 nitrogen and oxygen atoms in total. The van der Waals surface area contributed by atoms with Gasteiger partial charge in [0.2, 0.25) is 0 Å². The largest absolute Gasteiger partial charge is 0.349 e. The Hall–Kier alpha value is -1.53. The molecule has 0 aliphatic carbocycles. The Morgan fingerprint density at radius 1 is 1.39 bits per heavy atom. The average molecular weight is 245 g/mol. The minimum absolute atomic E-state index is 0.116. The van der Waals surface area contributed by atoms with Crippen molar-refractivity contribution in [3.8, 4) is 12.3 Å². The molecule has 1 N–H and O–H groups in total. The number of anilines is 1. The third kappa shape index (κ3) is 4.38. The highest BCUT2D eigenvalue weighted by atomic mass is 15.2. The van der Waals surface area contributed by atoms with Crippen molar-refractivity contribution in [3.05, 3.63) is 23.4 Å². The summed E-state index contributed by atoms with van der Waals surface area (Å²) in [5, 5.41) is 3.47. The number of nitrogens with zero attached hydrogens (tertiary/aromatic N) is 2. The predicted molar refractivity (Wildman–Crippen MR) is 77.7 cm³/mol. The molecule has 1 aromatic heterocycles. The van der Waals surface area contributed by atoms with Crippen molar-refractivity contribution >= 4 is 5.82 Å². The highest BCUT2D eigenvalue weighted by Gasteiger charge is 2.10. The number of hydrogen-bond acceptors (Lipinski definition) is 3. The molecule has 18 heavy (non-hydrogen) atoms. The first-order chi connectivity index (χ1) is 8.33. The Kier molecular flexibility index (Phi) is 4.75. The molecule has 0 aromatic carbocycles.